The Balaban J connectivity index is 1.27. The number of benzene rings is 2. The highest BCUT2D eigenvalue weighted by Crippen LogP contribution is 2.36. The zero-order valence-corrected chi connectivity index (χ0v) is 20.4. The van der Waals surface area contributed by atoms with E-state index in [2.05, 4.69) is 20.9 Å². The van der Waals surface area contributed by atoms with Crippen molar-refractivity contribution in [3.05, 3.63) is 71.8 Å². The number of hydrogen-bond donors (Lipinski definition) is 3. The lowest BCUT2D eigenvalue weighted by Crippen LogP contribution is -2.26. The molecule has 7 heteroatoms. The van der Waals surface area contributed by atoms with Gasteiger partial charge in [-0.25, -0.2) is 4.98 Å². The number of phenolic OH excluding ortho intramolecular Hbond substituents is 1. The van der Waals surface area contributed by atoms with Gasteiger partial charge >= 0.3 is 0 Å². The maximum atomic E-state index is 13.2. The number of aromatic amines is 1. The third-order valence-corrected chi connectivity index (χ3v) is 7.43. The molecular weight excluding hydrogens is 452 g/mol. The Bertz CT molecular complexity index is 1540. The summed E-state index contributed by atoms with van der Waals surface area (Å²) < 4.78 is 7.73. The van der Waals surface area contributed by atoms with Gasteiger partial charge in [-0.15, -0.1) is 0 Å². The normalized spacial score (nSPS) is 14.6. The summed E-state index contributed by atoms with van der Waals surface area (Å²) in [5.41, 5.74) is 6.48. The largest absolute Gasteiger partial charge is 0.508 e. The molecule has 5 aromatic rings. The fraction of sp³-hybridized carbons (Fsp3) is 0.310. The summed E-state index contributed by atoms with van der Waals surface area (Å²) in [6.45, 7) is 2.49. The lowest BCUT2D eigenvalue weighted by molar-refractivity contribution is 0.0953. The number of phenols is 1. The summed E-state index contributed by atoms with van der Waals surface area (Å²) in [6, 6.07) is 11.7. The van der Waals surface area contributed by atoms with E-state index in [1.165, 1.54) is 19.3 Å². The van der Waals surface area contributed by atoms with E-state index >= 15 is 0 Å². The zero-order valence-electron chi connectivity index (χ0n) is 20.4. The zero-order chi connectivity index (χ0) is 24.6. The van der Waals surface area contributed by atoms with Crippen LogP contribution >= 0.6 is 0 Å². The number of aromatic hydroxyl groups is 1. The average Bonchev–Trinajstić information content (AvgIpc) is 3.63. The molecule has 0 atom stereocenters. The second-order valence-corrected chi connectivity index (χ2v) is 9.81. The number of furan rings is 1. The van der Waals surface area contributed by atoms with E-state index in [1.807, 2.05) is 31.3 Å². The monoisotopic (exact) mass is 482 g/mol. The Morgan fingerprint density at radius 3 is 2.86 bits per heavy atom. The van der Waals surface area contributed by atoms with E-state index in [0.717, 1.165) is 57.3 Å². The predicted octanol–water partition coefficient (Wildman–Crippen LogP) is 6.27. The number of nitrogens with one attached hydrogen (secondary N) is 2. The number of fused-ring (bicyclic) bond motifs is 2. The molecule has 1 saturated carbocycles. The topological polar surface area (TPSA) is 96.1 Å². The molecule has 0 spiro atoms. The summed E-state index contributed by atoms with van der Waals surface area (Å²) in [5.74, 6) is 1.04. The van der Waals surface area contributed by atoms with E-state index in [1.54, 1.807) is 24.7 Å². The molecule has 184 valence electrons. The number of hydrogen-bond acceptors (Lipinski definition) is 4. The van der Waals surface area contributed by atoms with Crippen molar-refractivity contribution in [2.75, 3.05) is 6.54 Å². The predicted molar refractivity (Wildman–Crippen MR) is 140 cm³/mol. The maximum Gasteiger partial charge on any atom is 0.251 e. The molecule has 3 heterocycles. The summed E-state index contributed by atoms with van der Waals surface area (Å²) in [4.78, 5) is 21.4. The highest BCUT2D eigenvalue weighted by atomic mass is 16.3. The Labute approximate surface area is 209 Å². The van der Waals surface area contributed by atoms with Crippen molar-refractivity contribution >= 4 is 27.8 Å². The van der Waals surface area contributed by atoms with Crippen molar-refractivity contribution in [3.8, 4) is 17.1 Å². The minimum Gasteiger partial charge on any atom is -0.508 e. The van der Waals surface area contributed by atoms with Gasteiger partial charge in [0.05, 0.1) is 22.9 Å². The molecule has 7 nitrogen and oxygen atoms in total. The first-order valence-corrected chi connectivity index (χ1v) is 12.7. The number of rotatable bonds is 6. The summed E-state index contributed by atoms with van der Waals surface area (Å²) in [7, 11) is 0. The number of aryl methyl sites for hydroxylation is 1. The van der Waals surface area contributed by atoms with Crippen LogP contribution in [-0.2, 0) is 6.42 Å². The molecular formula is C29H30N4O3. The van der Waals surface area contributed by atoms with Gasteiger partial charge in [-0.2, -0.15) is 0 Å². The Hall–Kier alpha value is -4.00. The van der Waals surface area contributed by atoms with E-state index in [4.69, 9.17) is 9.40 Å². The van der Waals surface area contributed by atoms with E-state index in [9.17, 15) is 9.90 Å². The van der Waals surface area contributed by atoms with E-state index < -0.39 is 0 Å². The van der Waals surface area contributed by atoms with Crippen LogP contribution in [0.1, 0.15) is 59.6 Å². The van der Waals surface area contributed by atoms with Gasteiger partial charge in [-0.05, 0) is 73.7 Å². The average molecular weight is 483 g/mol. The number of imidazole rings is 1. The molecule has 0 radical (unpaired) electrons. The van der Waals surface area contributed by atoms with Crippen LogP contribution in [0.3, 0.4) is 0 Å². The summed E-state index contributed by atoms with van der Waals surface area (Å²) in [5, 5.41) is 13.9. The Kier molecular flexibility index (Phi) is 5.76. The van der Waals surface area contributed by atoms with Gasteiger partial charge in [0.1, 0.15) is 17.8 Å². The van der Waals surface area contributed by atoms with Crippen molar-refractivity contribution < 1.29 is 14.3 Å². The maximum absolute atomic E-state index is 13.2. The number of aromatic nitrogens is 3. The lowest BCUT2D eigenvalue weighted by Gasteiger charge is -2.25. The molecule has 3 N–H and O–H groups in total. The lowest BCUT2D eigenvalue weighted by atomic mass is 9.94. The number of amides is 1. The van der Waals surface area contributed by atoms with Gasteiger partial charge in [0, 0.05) is 35.2 Å². The number of carbonyl (C=O) groups excluding carboxylic acids is 1. The van der Waals surface area contributed by atoms with Gasteiger partial charge in [-0.1, -0.05) is 19.3 Å². The van der Waals surface area contributed by atoms with Crippen molar-refractivity contribution in [3.63, 3.8) is 0 Å². The van der Waals surface area contributed by atoms with Crippen LogP contribution in [-0.4, -0.2) is 32.1 Å². The van der Waals surface area contributed by atoms with Gasteiger partial charge in [-0.3, -0.25) is 4.79 Å². The fourth-order valence-electron chi connectivity index (χ4n) is 5.57. The van der Waals surface area contributed by atoms with Crippen LogP contribution in [0.4, 0.5) is 0 Å². The highest BCUT2D eigenvalue weighted by molar-refractivity contribution is 5.99. The molecule has 0 aliphatic heterocycles. The van der Waals surface area contributed by atoms with Crippen molar-refractivity contribution in [2.45, 2.75) is 51.5 Å². The van der Waals surface area contributed by atoms with Crippen molar-refractivity contribution in [1.29, 1.82) is 0 Å². The van der Waals surface area contributed by atoms with Crippen LogP contribution in [0.2, 0.25) is 0 Å². The molecule has 6 rings (SSSR count). The van der Waals surface area contributed by atoms with E-state index in [0.29, 0.717) is 24.6 Å². The molecule has 1 fully saturated rings. The van der Waals surface area contributed by atoms with Gasteiger partial charge in [0.2, 0.25) is 0 Å². The summed E-state index contributed by atoms with van der Waals surface area (Å²) in [6.07, 6.45) is 12.0. The van der Waals surface area contributed by atoms with Crippen LogP contribution < -0.4 is 5.32 Å². The minimum absolute atomic E-state index is 0.103. The second kappa shape index (κ2) is 9.22. The van der Waals surface area contributed by atoms with Gasteiger partial charge < -0.3 is 24.4 Å². The van der Waals surface area contributed by atoms with Crippen molar-refractivity contribution in [1.82, 2.24) is 19.9 Å². The van der Waals surface area contributed by atoms with Crippen LogP contribution in [0.5, 0.6) is 5.75 Å². The molecule has 0 saturated heterocycles. The Morgan fingerprint density at radius 2 is 2.06 bits per heavy atom. The molecule has 36 heavy (non-hydrogen) atoms. The number of nitrogens with zero attached hydrogens (tertiary/aromatic N) is 2. The molecule has 0 unspecified atom stereocenters. The number of H-pyrrole nitrogens is 1. The third-order valence-electron chi connectivity index (χ3n) is 7.43. The Morgan fingerprint density at radius 1 is 1.19 bits per heavy atom. The first kappa shape index (κ1) is 22.5. The van der Waals surface area contributed by atoms with Crippen molar-refractivity contribution in [2.24, 2.45) is 0 Å². The second-order valence-electron chi connectivity index (χ2n) is 9.81. The molecule has 2 aromatic carbocycles. The van der Waals surface area contributed by atoms with Crippen LogP contribution in [0, 0.1) is 6.92 Å². The molecule has 1 aliphatic rings. The molecule has 0 bridgehead atoms. The summed E-state index contributed by atoms with van der Waals surface area (Å²) >= 11 is 0. The molecule has 3 aromatic heterocycles. The first-order chi connectivity index (χ1) is 17.6. The number of carbonyl (C=O) groups is 1. The van der Waals surface area contributed by atoms with E-state index in [-0.39, 0.29) is 11.7 Å². The van der Waals surface area contributed by atoms with Crippen LogP contribution in [0.15, 0.2) is 59.5 Å². The minimum atomic E-state index is -0.103. The SMILES string of the molecule is Cc1cc2c(cc1C(=O)NCCc1c[nH]c3ccc(O)cc13)nc(-c1ccoc1)n2C1CCCCC1. The third kappa shape index (κ3) is 4.04. The van der Waals surface area contributed by atoms with Crippen LogP contribution in [0.25, 0.3) is 33.3 Å². The van der Waals surface area contributed by atoms with Gasteiger partial charge in [0.15, 0.2) is 0 Å². The fourth-order valence-corrected chi connectivity index (χ4v) is 5.57. The molecule has 1 amide bonds. The van der Waals surface area contributed by atoms with Gasteiger partial charge in [0.25, 0.3) is 5.91 Å². The highest BCUT2D eigenvalue weighted by Gasteiger charge is 2.24. The smallest absolute Gasteiger partial charge is 0.251 e. The first-order valence-electron chi connectivity index (χ1n) is 12.7. The quantitative estimate of drug-likeness (QED) is 0.266. The molecule has 1 aliphatic carbocycles. The standard InChI is InChI=1S/C29H30N4O3/c1-18-13-27-26(32-28(20-10-12-36-17-20)33(27)21-5-3-2-4-6-21)15-23(18)29(35)30-11-9-19-16-31-25-8-7-22(34)14-24(19)25/h7-8,10,12-17,21,31,34H,2-6,9,11H2,1H3,(H,30,35).